The first kappa shape index (κ1) is 12.0. The van der Waals surface area contributed by atoms with E-state index in [1.807, 2.05) is 0 Å². The summed E-state index contributed by atoms with van der Waals surface area (Å²) in [6.07, 6.45) is -4.51. The van der Waals surface area contributed by atoms with Crippen LogP contribution in [0.1, 0.15) is 0 Å². The maximum Gasteiger partial charge on any atom is 0.422 e. The van der Waals surface area contributed by atoms with Crippen LogP contribution in [0.2, 0.25) is 0 Å². The minimum Gasteiger partial charge on any atom is -0.453 e. The average Bonchev–Trinajstić information content (AvgIpc) is 1.99. The van der Waals surface area contributed by atoms with Crippen LogP contribution >= 0.6 is 0 Å². The standard InChI is InChI=1S/C7H9F3O3/c1-5(3-12-2)6(11)13-4-7(8,9)10/h1,3-4H2,2H3. The molecule has 0 aromatic rings. The molecule has 6 heteroatoms. The van der Waals surface area contributed by atoms with E-state index in [0.29, 0.717) is 0 Å². The Morgan fingerprint density at radius 3 is 2.38 bits per heavy atom. The van der Waals surface area contributed by atoms with Crippen LogP contribution in [-0.2, 0) is 14.3 Å². The highest BCUT2D eigenvalue weighted by Crippen LogP contribution is 2.15. The van der Waals surface area contributed by atoms with Crippen LogP contribution in [0.4, 0.5) is 13.2 Å². The van der Waals surface area contributed by atoms with Gasteiger partial charge in [-0.1, -0.05) is 6.58 Å². The summed E-state index contributed by atoms with van der Waals surface area (Å²) >= 11 is 0. The predicted molar refractivity (Wildman–Crippen MR) is 38.0 cm³/mol. The molecule has 0 radical (unpaired) electrons. The molecule has 0 rings (SSSR count). The van der Waals surface area contributed by atoms with Gasteiger partial charge < -0.3 is 9.47 Å². The molecule has 0 spiro atoms. The second-order valence-corrected chi connectivity index (χ2v) is 2.23. The fourth-order valence-corrected chi connectivity index (χ4v) is 0.483. The van der Waals surface area contributed by atoms with Gasteiger partial charge in [0, 0.05) is 7.11 Å². The molecule has 0 heterocycles. The van der Waals surface area contributed by atoms with Crippen molar-refractivity contribution in [3.05, 3.63) is 12.2 Å². The number of carbonyl (C=O) groups excluding carboxylic acids is 1. The average molecular weight is 198 g/mol. The Balaban J connectivity index is 3.82. The largest absolute Gasteiger partial charge is 0.453 e. The third-order valence-corrected chi connectivity index (χ3v) is 0.974. The van der Waals surface area contributed by atoms with Crippen molar-refractivity contribution < 1.29 is 27.4 Å². The number of rotatable bonds is 4. The molecule has 0 unspecified atom stereocenters. The summed E-state index contributed by atoms with van der Waals surface area (Å²) < 4.78 is 42.9. The minimum atomic E-state index is -4.51. The first-order valence-electron chi connectivity index (χ1n) is 3.27. The number of hydrogen-bond acceptors (Lipinski definition) is 3. The molecular formula is C7H9F3O3. The predicted octanol–water partition coefficient (Wildman–Crippen LogP) is 1.29. The molecule has 0 aliphatic rings. The fraction of sp³-hybridized carbons (Fsp3) is 0.571. The lowest BCUT2D eigenvalue weighted by Crippen LogP contribution is -2.21. The summed E-state index contributed by atoms with van der Waals surface area (Å²) in [5.41, 5.74) is -0.147. The van der Waals surface area contributed by atoms with Crippen molar-refractivity contribution in [1.29, 1.82) is 0 Å². The molecule has 0 fully saturated rings. The van der Waals surface area contributed by atoms with Gasteiger partial charge in [-0.2, -0.15) is 13.2 Å². The quantitative estimate of drug-likeness (QED) is 0.504. The van der Waals surface area contributed by atoms with Gasteiger partial charge in [-0.05, 0) is 0 Å². The maximum atomic E-state index is 11.5. The normalized spacial score (nSPS) is 11.1. The molecular weight excluding hydrogens is 189 g/mol. The van der Waals surface area contributed by atoms with Crippen molar-refractivity contribution >= 4 is 5.97 Å². The molecule has 0 bridgehead atoms. The van der Waals surface area contributed by atoms with Crippen LogP contribution in [0.3, 0.4) is 0 Å². The van der Waals surface area contributed by atoms with Gasteiger partial charge in [0.05, 0.1) is 12.2 Å². The highest BCUT2D eigenvalue weighted by Gasteiger charge is 2.29. The molecule has 3 nitrogen and oxygen atoms in total. The minimum absolute atomic E-state index is 0.142. The number of alkyl halides is 3. The molecule has 0 saturated heterocycles. The molecule has 0 aromatic carbocycles. The van der Waals surface area contributed by atoms with Crippen molar-refractivity contribution in [3.8, 4) is 0 Å². The van der Waals surface area contributed by atoms with Gasteiger partial charge in [0.2, 0.25) is 0 Å². The van der Waals surface area contributed by atoms with Crippen LogP contribution in [0.15, 0.2) is 12.2 Å². The first-order valence-corrected chi connectivity index (χ1v) is 3.27. The van der Waals surface area contributed by atoms with E-state index >= 15 is 0 Å². The van der Waals surface area contributed by atoms with Crippen molar-refractivity contribution in [2.45, 2.75) is 6.18 Å². The van der Waals surface area contributed by atoms with Crippen LogP contribution in [0.5, 0.6) is 0 Å². The zero-order valence-electron chi connectivity index (χ0n) is 6.98. The van der Waals surface area contributed by atoms with Gasteiger partial charge in [-0.25, -0.2) is 4.79 Å². The Hall–Kier alpha value is -1.04. The Morgan fingerprint density at radius 2 is 2.00 bits per heavy atom. The molecule has 0 atom stereocenters. The molecule has 76 valence electrons. The van der Waals surface area contributed by atoms with Crippen LogP contribution < -0.4 is 0 Å². The van der Waals surface area contributed by atoms with Gasteiger partial charge >= 0.3 is 12.1 Å². The summed E-state index contributed by atoms with van der Waals surface area (Å²) in [7, 11) is 1.29. The molecule has 0 amide bonds. The smallest absolute Gasteiger partial charge is 0.422 e. The SMILES string of the molecule is C=C(COC)C(=O)OCC(F)(F)F. The van der Waals surface area contributed by atoms with Crippen LogP contribution in [0.25, 0.3) is 0 Å². The van der Waals surface area contributed by atoms with Gasteiger partial charge in [-0.3, -0.25) is 0 Å². The number of ether oxygens (including phenoxy) is 2. The van der Waals surface area contributed by atoms with E-state index in [0.717, 1.165) is 0 Å². The molecule has 0 aromatic heterocycles. The third kappa shape index (κ3) is 6.15. The van der Waals surface area contributed by atoms with E-state index < -0.39 is 18.8 Å². The zero-order valence-corrected chi connectivity index (χ0v) is 6.98. The Labute approximate surface area is 73.1 Å². The van der Waals surface area contributed by atoms with Crippen molar-refractivity contribution in [1.82, 2.24) is 0 Å². The van der Waals surface area contributed by atoms with Gasteiger partial charge in [0.25, 0.3) is 0 Å². The zero-order chi connectivity index (χ0) is 10.5. The molecule has 0 N–H and O–H groups in total. The van der Waals surface area contributed by atoms with Crippen LogP contribution in [-0.4, -0.2) is 32.5 Å². The Bertz CT molecular complexity index is 198. The fourth-order valence-electron chi connectivity index (χ4n) is 0.483. The third-order valence-electron chi connectivity index (χ3n) is 0.974. The highest BCUT2D eigenvalue weighted by atomic mass is 19.4. The molecule has 13 heavy (non-hydrogen) atoms. The monoisotopic (exact) mass is 198 g/mol. The summed E-state index contributed by atoms with van der Waals surface area (Å²) in [5, 5.41) is 0. The van der Waals surface area contributed by atoms with E-state index in [4.69, 9.17) is 0 Å². The summed E-state index contributed by atoms with van der Waals surface area (Å²) in [6.45, 7) is 1.43. The Kier molecular flexibility index (Phi) is 4.47. The first-order chi connectivity index (χ1) is 5.87. The van der Waals surface area contributed by atoms with Crippen molar-refractivity contribution in [3.63, 3.8) is 0 Å². The molecule has 0 aliphatic carbocycles. The number of methoxy groups -OCH3 is 1. The number of carbonyl (C=O) groups is 1. The number of hydrogen-bond donors (Lipinski definition) is 0. The summed E-state index contributed by atoms with van der Waals surface area (Å²) in [5.74, 6) is -1.10. The second kappa shape index (κ2) is 4.86. The van der Waals surface area contributed by atoms with Crippen LogP contribution in [0, 0.1) is 0 Å². The van der Waals surface area contributed by atoms with E-state index in [1.165, 1.54) is 7.11 Å². The van der Waals surface area contributed by atoms with Gasteiger partial charge in [0.1, 0.15) is 0 Å². The number of esters is 1. The van der Waals surface area contributed by atoms with Gasteiger partial charge in [-0.15, -0.1) is 0 Å². The summed E-state index contributed by atoms with van der Waals surface area (Å²) in [4.78, 5) is 10.7. The van der Waals surface area contributed by atoms with Crippen molar-refractivity contribution in [2.75, 3.05) is 20.3 Å². The Morgan fingerprint density at radius 1 is 1.46 bits per heavy atom. The summed E-state index contributed by atoms with van der Waals surface area (Å²) in [6, 6.07) is 0. The molecule has 0 saturated carbocycles. The van der Waals surface area contributed by atoms with Crippen molar-refractivity contribution in [2.24, 2.45) is 0 Å². The van der Waals surface area contributed by atoms with Gasteiger partial charge in [0.15, 0.2) is 6.61 Å². The second-order valence-electron chi connectivity index (χ2n) is 2.23. The lowest BCUT2D eigenvalue weighted by atomic mass is 10.3. The topological polar surface area (TPSA) is 35.5 Å². The maximum absolute atomic E-state index is 11.5. The molecule has 0 aliphatic heterocycles. The number of halogens is 3. The highest BCUT2D eigenvalue weighted by molar-refractivity contribution is 5.87. The lowest BCUT2D eigenvalue weighted by Gasteiger charge is -2.08. The van der Waals surface area contributed by atoms with E-state index in [2.05, 4.69) is 16.1 Å². The lowest BCUT2D eigenvalue weighted by molar-refractivity contribution is -0.183. The van der Waals surface area contributed by atoms with E-state index in [9.17, 15) is 18.0 Å². The van der Waals surface area contributed by atoms with E-state index in [1.54, 1.807) is 0 Å². The van der Waals surface area contributed by atoms with E-state index in [-0.39, 0.29) is 12.2 Å².